The Hall–Kier alpha value is -1.94. The second-order valence-electron chi connectivity index (χ2n) is 4.14. The van der Waals surface area contributed by atoms with Gasteiger partial charge >= 0.3 is 0 Å². The maximum Gasteiger partial charge on any atom is 0.248 e. The van der Waals surface area contributed by atoms with E-state index in [0.717, 1.165) is 17.8 Å². The van der Waals surface area contributed by atoms with Crippen LogP contribution in [0.4, 0.5) is 5.69 Å². The van der Waals surface area contributed by atoms with E-state index in [1.165, 1.54) is 4.90 Å². The van der Waals surface area contributed by atoms with Gasteiger partial charge in [0.15, 0.2) is 0 Å². The van der Waals surface area contributed by atoms with Crippen LogP contribution in [0.2, 0.25) is 0 Å². The number of hydrogen-bond acceptors (Lipinski definition) is 3. The van der Waals surface area contributed by atoms with Crippen molar-refractivity contribution in [2.75, 3.05) is 11.6 Å². The number of carbonyl (C=O) groups excluding carboxylic acids is 1. The number of rotatable bonds is 5. The number of thioether (sulfide) groups is 1. The monoisotopic (exact) mass is 272 g/mol. The number of anilines is 1. The van der Waals surface area contributed by atoms with Gasteiger partial charge < -0.3 is 11.1 Å². The maximum atomic E-state index is 11.0. The lowest BCUT2D eigenvalue weighted by molar-refractivity contribution is 0.100. The summed E-state index contributed by atoms with van der Waals surface area (Å²) in [6.45, 7) is 0.720. The molecule has 2 rings (SSSR count). The Kier molecular flexibility index (Phi) is 4.47. The second-order valence-corrected chi connectivity index (χ2v) is 5.02. The molecule has 2 aromatic rings. The Balaban J connectivity index is 1.95. The average Bonchev–Trinajstić information content (AvgIpc) is 2.46. The van der Waals surface area contributed by atoms with Crippen LogP contribution < -0.4 is 11.1 Å². The van der Waals surface area contributed by atoms with E-state index in [9.17, 15) is 4.79 Å². The number of hydrogen-bond donors (Lipinski definition) is 2. The molecule has 0 atom stereocenters. The first kappa shape index (κ1) is 13.5. The molecule has 0 unspecified atom stereocenters. The molecule has 0 aliphatic heterocycles. The lowest BCUT2D eigenvalue weighted by Crippen LogP contribution is -2.10. The van der Waals surface area contributed by atoms with Crippen molar-refractivity contribution in [2.24, 2.45) is 5.73 Å². The van der Waals surface area contributed by atoms with Crippen molar-refractivity contribution in [3.05, 3.63) is 59.7 Å². The van der Waals surface area contributed by atoms with Crippen molar-refractivity contribution in [1.29, 1.82) is 0 Å². The van der Waals surface area contributed by atoms with Gasteiger partial charge in [-0.1, -0.05) is 12.1 Å². The van der Waals surface area contributed by atoms with Crippen LogP contribution in [0.3, 0.4) is 0 Å². The summed E-state index contributed by atoms with van der Waals surface area (Å²) in [6, 6.07) is 15.6. The summed E-state index contributed by atoms with van der Waals surface area (Å²) in [6.07, 6.45) is 2.06. The largest absolute Gasteiger partial charge is 0.381 e. The van der Waals surface area contributed by atoms with E-state index < -0.39 is 5.91 Å². The number of amides is 1. The fraction of sp³-hybridized carbons (Fsp3) is 0.133. The first-order chi connectivity index (χ1) is 9.19. The Bertz CT molecular complexity index is 549. The molecule has 3 nitrogen and oxygen atoms in total. The first-order valence-corrected chi connectivity index (χ1v) is 7.18. The van der Waals surface area contributed by atoms with Crippen molar-refractivity contribution >= 4 is 23.4 Å². The van der Waals surface area contributed by atoms with E-state index in [1.807, 2.05) is 12.1 Å². The molecule has 0 saturated heterocycles. The Labute approximate surface area is 117 Å². The molecule has 0 heterocycles. The molecule has 0 aromatic heterocycles. The molecule has 1 amide bonds. The molecule has 19 heavy (non-hydrogen) atoms. The minimum Gasteiger partial charge on any atom is -0.381 e. The van der Waals surface area contributed by atoms with Crippen LogP contribution in [0.15, 0.2) is 53.4 Å². The highest BCUT2D eigenvalue weighted by molar-refractivity contribution is 7.98. The van der Waals surface area contributed by atoms with E-state index in [1.54, 1.807) is 23.9 Å². The zero-order valence-electron chi connectivity index (χ0n) is 10.7. The van der Waals surface area contributed by atoms with Crippen LogP contribution in [-0.2, 0) is 6.54 Å². The standard InChI is InChI=1S/C15H16N2OS/c1-19-14-8-6-13(7-9-14)17-10-11-2-4-12(5-3-11)15(16)18/h2-9,17H,10H2,1H3,(H2,16,18). The SMILES string of the molecule is CSc1ccc(NCc2ccc(C(N)=O)cc2)cc1. The predicted molar refractivity (Wildman–Crippen MR) is 80.5 cm³/mol. The lowest BCUT2D eigenvalue weighted by atomic mass is 10.1. The summed E-state index contributed by atoms with van der Waals surface area (Å²) < 4.78 is 0. The van der Waals surface area contributed by atoms with Crippen LogP contribution in [0.5, 0.6) is 0 Å². The van der Waals surface area contributed by atoms with Crippen LogP contribution in [0.25, 0.3) is 0 Å². The lowest BCUT2D eigenvalue weighted by Gasteiger charge is -2.07. The predicted octanol–water partition coefficient (Wildman–Crippen LogP) is 3.12. The van der Waals surface area contributed by atoms with E-state index in [-0.39, 0.29) is 0 Å². The van der Waals surface area contributed by atoms with E-state index >= 15 is 0 Å². The summed E-state index contributed by atoms with van der Waals surface area (Å²) >= 11 is 1.72. The Morgan fingerprint density at radius 2 is 1.74 bits per heavy atom. The third-order valence-electron chi connectivity index (χ3n) is 2.83. The highest BCUT2D eigenvalue weighted by Crippen LogP contribution is 2.18. The van der Waals surface area contributed by atoms with E-state index in [0.29, 0.717) is 5.56 Å². The van der Waals surface area contributed by atoms with E-state index in [2.05, 4.69) is 35.8 Å². The smallest absolute Gasteiger partial charge is 0.248 e. The summed E-state index contributed by atoms with van der Waals surface area (Å²) in [5.74, 6) is -0.396. The van der Waals surface area contributed by atoms with Crippen LogP contribution in [0.1, 0.15) is 15.9 Å². The van der Waals surface area contributed by atoms with Gasteiger partial charge in [0, 0.05) is 22.7 Å². The molecule has 3 N–H and O–H groups in total. The number of nitrogens with one attached hydrogen (secondary N) is 1. The minimum absolute atomic E-state index is 0.396. The molecule has 0 fully saturated rings. The van der Waals surface area contributed by atoms with E-state index in [4.69, 9.17) is 5.73 Å². The van der Waals surface area contributed by atoms with Crippen molar-refractivity contribution in [3.63, 3.8) is 0 Å². The quantitative estimate of drug-likeness (QED) is 0.822. The second kappa shape index (κ2) is 6.29. The molecule has 4 heteroatoms. The first-order valence-electron chi connectivity index (χ1n) is 5.96. The molecule has 0 bridgehead atoms. The van der Waals surface area contributed by atoms with Gasteiger partial charge in [0.05, 0.1) is 0 Å². The van der Waals surface area contributed by atoms with Gasteiger partial charge in [-0.05, 0) is 48.2 Å². The van der Waals surface area contributed by atoms with Gasteiger partial charge in [0.1, 0.15) is 0 Å². The molecule has 2 aromatic carbocycles. The molecule has 0 radical (unpaired) electrons. The van der Waals surface area contributed by atoms with Crippen molar-refractivity contribution < 1.29 is 4.79 Å². The normalized spacial score (nSPS) is 10.2. The molecule has 0 aliphatic carbocycles. The Morgan fingerprint density at radius 3 is 2.26 bits per heavy atom. The fourth-order valence-corrected chi connectivity index (χ4v) is 2.11. The summed E-state index contributed by atoms with van der Waals surface area (Å²) in [5, 5.41) is 3.34. The number of primary amides is 1. The minimum atomic E-state index is -0.396. The summed E-state index contributed by atoms with van der Waals surface area (Å²) in [4.78, 5) is 12.2. The van der Waals surface area contributed by atoms with Crippen LogP contribution in [0, 0.1) is 0 Å². The van der Waals surface area contributed by atoms with Gasteiger partial charge in [-0.2, -0.15) is 0 Å². The third kappa shape index (κ3) is 3.76. The van der Waals surface area contributed by atoms with Crippen molar-refractivity contribution in [2.45, 2.75) is 11.4 Å². The highest BCUT2D eigenvalue weighted by atomic mass is 32.2. The Morgan fingerprint density at radius 1 is 1.11 bits per heavy atom. The van der Waals surface area contributed by atoms with Gasteiger partial charge in [0.2, 0.25) is 5.91 Å². The number of carbonyl (C=O) groups is 1. The maximum absolute atomic E-state index is 11.0. The average molecular weight is 272 g/mol. The van der Waals surface area contributed by atoms with Gasteiger partial charge in [-0.25, -0.2) is 0 Å². The molecule has 0 spiro atoms. The zero-order valence-corrected chi connectivity index (χ0v) is 11.5. The molecule has 98 valence electrons. The highest BCUT2D eigenvalue weighted by Gasteiger charge is 2.00. The number of benzene rings is 2. The van der Waals surface area contributed by atoms with Crippen molar-refractivity contribution in [3.8, 4) is 0 Å². The van der Waals surface area contributed by atoms with Crippen LogP contribution in [-0.4, -0.2) is 12.2 Å². The third-order valence-corrected chi connectivity index (χ3v) is 3.57. The van der Waals surface area contributed by atoms with Crippen molar-refractivity contribution in [1.82, 2.24) is 0 Å². The van der Waals surface area contributed by atoms with Gasteiger partial charge in [-0.15, -0.1) is 11.8 Å². The van der Waals surface area contributed by atoms with Gasteiger partial charge in [0.25, 0.3) is 0 Å². The zero-order chi connectivity index (χ0) is 13.7. The molecule has 0 aliphatic rings. The number of nitrogens with two attached hydrogens (primary N) is 1. The summed E-state index contributed by atoms with van der Waals surface area (Å²) in [5.41, 5.74) is 7.93. The summed E-state index contributed by atoms with van der Waals surface area (Å²) in [7, 11) is 0. The molecule has 0 saturated carbocycles. The molecular weight excluding hydrogens is 256 g/mol. The topological polar surface area (TPSA) is 55.1 Å². The van der Waals surface area contributed by atoms with Gasteiger partial charge in [-0.3, -0.25) is 4.79 Å². The van der Waals surface area contributed by atoms with Crippen LogP contribution >= 0.6 is 11.8 Å². The molecular formula is C15H16N2OS. The fourth-order valence-electron chi connectivity index (χ4n) is 1.70.